The molecule has 1 heterocycles. The number of guanidine groups is 2. The number of nitrogens with one attached hydrogen (secondary N) is 1. The van der Waals surface area contributed by atoms with Crippen molar-refractivity contribution in [1.82, 2.24) is 5.32 Å². The molecule has 5 N–H and O–H groups in total. The summed E-state index contributed by atoms with van der Waals surface area (Å²) in [5, 5.41) is 3.12. The predicted molar refractivity (Wildman–Crippen MR) is 82.4 cm³/mol. The van der Waals surface area contributed by atoms with Crippen molar-refractivity contribution in [3.63, 3.8) is 0 Å². The number of ether oxygens (including phenoxy) is 2. The van der Waals surface area contributed by atoms with Gasteiger partial charge < -0.3 is 26.3 Å². The molecule has 7 heteroatoms. The van der Waals surface area contributed by atoms with Crippen LogP contribution in [-0.4, -0.2) is 25.3 Å². The second kappa shape index (κ2) is 6.83. The summed E-state index contributed by atoms with van der Waals surface area (Å²) in [6, 6.07) is 5.71. The predicted octanol–water partition coefficient (Wildman–Crippen LogP) is 0.790. The van der Waals surface area contributed by atoms with Crippen molar-refractivity contribution in [2.45, 2.75) is 20.4 Å². The summed E-state index contributed by atoms with van der Waals surface area (Å²) in [6.07, 6.45) is 0. The molecule has 1 aliphatic rings. The second-order valence-corrected chi connectivity index (χ2v) is 5.14. The number of hydrogen-bond acceptors (Lipinski definition) is 3. The Morgan fingerprint density at radius 1 is 1.29 bits per heavy atom. The minimum atomic E-state index is -0.0179. The molecule has 1 aromatic carbocycles. The molecule has 0 saturated heterocycles. The Balaban J connectivity index is 2.05. The van der Waals surface area contributed by atoms with Crippen molar-refractivity contribution >= 4 is 11.9 Å². The minimum absolute atomic E-state index is 0.0179. The molecule has 1 aromatic rings. The maximum Gasteiger partial charge on any atom is 0.231 e. The lowest BCUT2D eigenvalue weighted by atomic mass is 10.2. The van der Waals surface area contributed by atoms with Gasteiger partial charge in [0, 0.05) is 6.54 Å². The van der Waals surface area contributed by atoms with Gasteiger partial charge in [0.15, 0.2) is 17.5 Å². The Bertz CT molecular complexity index is 550. The molecule has 0 saturated carbocycles. The van der Waals surface area contributed by atoms with E-state index in [0.717, 1.165) is 23.6 Å². The molecule has 21 heavy (non-hydrogen) atoms. The second-order valence-electron chi connectivity index (χ2n) is 5.14. The maximum absolute atomic E-state index is 5.41. The standard InChI is InChI=1S/C14H21N5O2/c1-9(2)6-17-14(19-13(15)16)18-7-10-3-4-11-12(5-10)21-8-20-11/h3-5,9H,6-8H2,1-2H3,(H5,15,16,17,18,19). The Morgan fingerprint density at radius 3 is 2.76 bits per heavy atom. The molecule has 0 spiro atoms. The molecule has 2 rings (SSSR count). The lowest BCUT2D eigenvalue weighted by molar-refractivity contribution is 0.174. The van der Waals surface area contributed by atoms with Crippen LogP contribution in [0.2, 0.25) is 0 Å². The average Bonchev–Trinajstić information content (AvgIpc) is 2.88. The van der Waals surface area contributed by atoms with Crippen molar-refractivity contribution in [3.8, 4) is 11.5 Å². The molecule has 0 fully saturated rings. The zero-order valence-corrected chi connectivity index (χ0v) is 12.3. The fraction of sp³-hybridized carbons (Fsp3) is 0.429. The van der Waals surface area contributed by atoms with E-state index in [1.54, 1.807) is 0 Å². The van der Waals surface area contributed by atoms with E-state index >= 15 is 0 Å². The molecule has 0 radical (unpaired) electrons. The summed E-state index contributed by atoms with van der Waals surface area (Å²) >= 11 is 0. The van der Waals surface area contributed by atoms with Crippen LogP contribution >= 0.6 is 0 Å². The van der Waals surface area contributed by atoms with Gasteiger partial charge in [-0.05, 0) is 23.6 Å². The van der Waals surface area contributed by atoms with Crippen LogP contribution in [-0.2, 0) is 6.54 Å². The highest BCUT2D eigenvalue weighted by atomic mass is 16.7. The first-order valence-corrected chi connectivity index (χ1v) is 6.81. The molecule has 1 aliphatic heterocycles. The summed E-state index contributed by atoms with van der Waals surface area (Å²) < 4.78 is 10.6. The molecule has 0 aromatic heterocycles. The van der Waals surface area contributed by atoms with Crippen molar-refractivity contribution in [2.24, 2.45) is 27.4 Å². The zero-order valence-electron chi connectivity index (χ0n) is 12.3. The van der Waals surface area contributed by atoms with Crippen LogP contribution in [0.25, 0.3) is 0 Å². The SMILES string of the molecule is CC(C)CNC(N=C(N)N)=NCc1ccc2c(c1)OCO2. The zero-order chi connectivity index (χ0) is 15.2. The quantitative estimate of drug-likeness (QED) is 0.561. The number of nitrogens with two attached hydrogens (primary N) is 2. The largest absolute Gasteiger partial charge is 0.454 e. The van der Waals surface area contributed by atoms with Crippen molar-refractivity contribution in [3.05, 3.63) is 23.8 Å². The maximum atomic E-state index is 5.41. The van der Waals surface area contributed by atoms with Gasteiger partial charge in [-0.1, -0.05) is 19.9 Å². The van der Waals surface area contributed by atoms with Gasteiger partial charge in [0.25, 0.3) is 0 Å². The van der Waals surface area contributed by atoms with E-state index in [1.807, 2.05) is 18.2 Å². The van der Waals surface area contributed by atoms with Gasteiger partial charge in [0.2, 0.25) is 12.8 Å². The number of aliphatic imine (C=N–C) groups is 2. The molecule has 0 unspecified atom stereocenters. The Labute approximate surface area is 124 Å². The summed E-state index contributed by atoms with van der Waals surface area (Å²) in [6.45, 7) is 5.65. The van der Waals surface area contributed by atoms with E-state index in [-0.39, 0.29) is 12.8 Å². The van der Waals surface area contributed by atoms with Crippen molar-refractivity contribution < 1.29 is 9.47 Å². The Hall–Kier alpha value is -2.44. The summed E-state index contributed by atoms with van der Waals surface area (Å²) in [7, 11) is 0. The summed E-state index contributed by atoms with van der Waals surface area (Å²) in [5.74, 6) is 2.37. The Morgan fingerprint density at radius 2 is 2.05 bits per heavy atom. The van der Waals surface area contributed by atoms with Gasteiger partial charge in [-0.2, -0.15) is 4.99 Å². The van der Waals surface area contributed by atoms with Gasteiger partial charge in [-0.15, -0.1) is 0 Å². The third kappa shape index (κ3) is 4.55. The number of nitrogens with zero attached hydrogens (tertiary/aromatic N) is 2. The van der Waals surface area contributed by atoms with E-state index < -0.39 is 0 Å². The third-order valence-electron chi connectivity index (χ3n) is 2.75. The van der Waals surface area contributed by atoms with Gasteiger partial charge in [-0.25, -0.2) is 4.99 Å². The Kier molecular flexibility index (Phi) is 4.86. The van der Waals surface area contributed by atoms with Crippen LogP contribution in [0.1, 0.15) is 19.4 Å². The first-order chi connectivity index (χ1) is 10.0. The summed E-state index contributed by atoms with van der Waals surface area (Å²) in [4.78, 5) is 8.38. The van der Waals surface area contributed by atoms with Crippen LogP contribution in [0.3, 0.4) is 0 Å². The molecule has 0 aliphatic carbocycles. The van der Waals surface area contributed by atoms with Crippen molar-refractivity contribution in [1.29, 1.82) is 0 Å². The van der Waals surface area contributed by atoms with E-state index in [4.69, 9.17) is 20.9 Å². The van der Waals surface area contributed by atoms with Gasteiger partial charge in [-0.3, -0.25) is 0 Å². The van der Waals surface area contributed by atoms with Gasteiger partial charge >= 0.3 is 0 Å². The molecular weight excluding hydrogens is 270 g/mol. The topological polar surface area (TPSA) is 107 Å². The monoisotopic (exact) mass is 291 g/mol. The minimum Gasteiger partial charge on any atom is -0.454 e. The van der Waals surface area contributed by atoms with Gasteiger partial charge in [0.1, 0.15) is 0 Å². The molecular formula is C14H21N5O2. The highest BCUT2D eigenvalue weighted by Crippen LogP contribution is 2.32. The van der Waals surface area contributed by atoms with Crippen LogP contribution in [0.4, 0.5) is 0 Å². The van der Waals surface area contributed by atoms with Gasteiger partial charge in [0.05, 0.1) is 6.54 Å². The third-order valence-corrected chi connectivity index (χ3v) is 2.75. The van der Waals surface area contributed by atoms with E-state index in [1.165, 1.54) is 0 Å². The fourth-order valence-corrected chi connectivity index (χ4v) is 1.75. The number of hydrogen-bond donors (Lipinski definition) is 3. The number of fused-ring (bicyclic) bond motifs is 1. The van der Waals surface area contributed by atoms with E-state index in [9.17, 15) is 0 Å². The number of rotatable bonds is 4. The van der Waals surface area contributed by atoms with Crippen LogP contribution in [0.5, 0.6) is 11.5 Å². The molecule has 0 amide bonds. The van der Waals surface area contributed by atoms with Crippen molar-refractivity contribution in [2.75, 3.05) is 13.3 Å². The smallest absolute Gasteiger partial charge is 0.231 e. The first kappa shape index (κ1) is 15.0. The lowest BCUT2D eigenvalue weighted by Crippen LogP contribution is -2.31. The van der Waals surface area contributed by atoms with E-state index in [0.29, 0.717) is 18.4 Å². The fourth-order valence-electron chi connectivity index (χ4n) is 1.75. The van der Waals surface area contributed by atoms with Crippen LogP contribution in [0, 0.1) is 5.92 Å². The molecule has 114 valence electrons. The first-order valence-electron chi connectivity index (χ1n) is 6.81. The highest BCUT2D eigenvalue weighted by molar-refractivity contribution is 5.93. The highest BCUT2D eigenvalue weighted by Gasteiger charge is 2.12. The van der Waals surface area contributed by atoms with E-state index in [2.05, 4.69) is 29.1 Å². The number of benzene rings is 1. The summed E-state index contributed by atoms with van der Waals surface area (Å²) in [5.41, 5.74) is 11.8. The normalized spacial score (nSPS) is 13.4. The lowest BCUT2D eigenvalue weighted by Gasteiger charge is -2.08. The molecule has 7 nitrogen and oxygen atoms in total. The van der Waals surface area contributed by atoms with Crippen LogP contribution < -0.4 is 26.3 Å². The van der Waals surface area contributed by atoms with Crippen LogP contribution in [0.15, 0.2) is 28.2 Å². The average molecular weight is 291 g/mol. The molecule has 0 atom stereocenters. The molecule has 0 bridgehead atoms.